The molecule has 0 spiro atoms. The fourth-order valence-corrected chi connectivity index (χ4v) is 2.70. The van der Waals surface area contributed by atoms with Crippen molar-refractivity contribution in [2.45, 2.75) is 44.3 Å². The number of likely N-dealkylation sites (tertiary alicyclic amines) is 1. The fraction of sp³-hybridized carbons (Fsp3) is 0.533. The normalized spacial score (nSPS) is 19.9. The van der Waals surface area contributed by atoms with E-state index in [0.717, 1.165) is 24.8 Å². The van der Waals surface area contributed by atoms with Gasteiger partial charge in [-0.3, -0.25) is 4.79 Å². The molecule has 2 nitrogen and oxygen atoms in total. The summed E-state index contributed by atoms with van der Waals surface area (Å²) in [6, 6.07) is 9.49. The molecule has 1 aliphatic heterocycles. The number of benzene rings is 1. The lowest BCUT2D eigenvalue weighted by molar-refractivity contribution is -0.164. The third-order valence-electron chi connectivity index (χ3n) is 3.61. The second-order valence-corrected chi connectivity index (χ2v) is 5.22. The average molecular weight is 285 g/mol. The Hall–Kier alpha value is -1.52. The first-order valence-electron chi connectivity index (χ1n) is 6.86. The van der Waals surface area contributed by atoms with E-state index in [1.165, 1.54) is 4.90 Å². The summed E-state index contributed by atoms with van der Waals surface area (Å²) in [6.45, 7) is 0.437. The Morgan fingerprint density at radius 2 is 1.90 bits per heavy atom. The number of piperidine rings is 1. The van der Waals surface area contributed by atoms with Crippen LogP contribution in [-0.4, -0.2) is 29.6 Å². The van der Waals surface area contributed by atoms with E-state index in [-0.39, 0.29) is 6.04 Å². The lowest BCUT2D eigenvalue weighted by Gasteiger charge is -2.36. The Morgan fingerprint density at radius 1 is 1.20 bits per heavy atom. The topological polar surface area (TPSA) is 20.3 Å². The van der Waals surface area contributed by atoms with Crippen molar-refractivity contribution < 1.29 is 18.0 Å². The number of carbonyl (C=O) groups is 1. The molecule has 1 amide bonds. The predicted molar refractivity (Wildman–Crippen MR) is 70.2 cm³/mol. The van der Waals surface area contributed by atoms with Gasteiger partial charge < -0.3 is 4.90 Å². The molecule has 1 unspecified atom stereocenters. The molecule has 1 saturated heterocycles. The van der Waals surface area contributed by atoms with Crippen LogP contribution in [0.15, 0.2) is 30.3 Å². The number of halogens is 3. The summed E-state index contributed by atoms with van der Waals surface area (Å²) in [5.41, 5.74) is 1.06. The van der Waals surface area contributed by atoms with E-state index in [0.29, 0.717) is 13.0 Å². The molecule has 0 aliphatic carbocycles. The molecule has 110 valence electrons. The smallest absolute Gasteiger partial charge is 0.339 e. The molecule has 0 bridgehead atoms. The molecular weight excluding hydrogens is 267 g/mol. The largest absolute Gasteiger partial charge is 0.397 e. The standard InChI is InChI=1S/C15H18F3NO/c16-15(17,18)11-14(20)19-9-5-4-8-13(19)10-12-6-2-1-3-7-12/h1-3,6-7,13H,4-5,8-11H2. The molecule has 0 radical (unpaired) electrons. The third kappa shape index (κ3) is 4.25. The predicted octanol–water partition coefficient (Wildman–Crippen LogP) is 3.56. The van der Waals surface area contributed by atoms with E-state index in [2.05, 4.69) is 0 Å². The summed E-state index contributed by atoms with van der Waals surface area (Å²) in [4.78, 5) is 13.2. The van der Waals surface area contributed by atoms with E-state index in [1.54, 1.807) is 0 Å². The zero-order valence-electron chi connectivity index (χ0n) is 11.2. The van der Waals surface area contributed by atoms with Gasteiger partial charge in [0.2, 0.25) is 5.91 Å². The van der Waals surface area contributed by atoms with Crippen LogP contribution in [0, 0.1) is 0 Å². The monoisotopic (exact) mass is 285 g/mol. The van der Waals surface area contributed by atoms with Crippen LogP contribution >= 0.6 is 0 Å². The van der Waals surface area contributed by atoms with Gasteiger partial charge in [-0.2, -0.15) is 13.2 Å². The zero-order valence-corrected chi connectivity index (χ0v) is 11.2. The number of carbonyl (C=O) groups excluding carboxylic acids is 1. The van der Waals surface area contributed by atoms with E-state index in [4.69, 9.17) is 0 Å². The Labute approximate surface area is 116 Å². The van der Waals surface area contributed by atoms with Crippen LogP contribution in [-0.2, 0) is 11.2 Å². The summed E-state index contributed by atoms with van der Waals surface area (Å²) < 4.78 is 37.1. The lowest BCUT2D eigenvalue weighted by Crippen LogP contribution is -2.46. The highest BCUT2D eigenvalue weighted by Crippen LogP contribution is 2.26. The Kier molecular flexibility index (Phi) is 4.68. The Morgan fingerprint density at radius 3 is 2.55 bits per heavy atom. The van der Waals surface area contributed by atoms with Gasteiger partial charge in [0.05, 0.1) is 0 Å². The molecular formula is C15H18F3NO. The SMILES string of the molecule is O=C(CC(F)(F)F)N1CCCCC1Cc1ccccc1. The highest BCUT2D eigenvalue weighted by atomic mass is 19.4. The zero-order chi connectivity index (χ0) is 14.6. The molecule has 20 heavy (non-hydrogen) atoms. The minimum absolute atomic E-state index is 0.110. The van der Waals surface area contributed by atoms with Crippen molar-refractivity contribution in [1.82, 2.24) is 4.90 Å². The number of rotatable bonds is 3. The van der Waals surface area contributed by atoms with Crippen molar-refractivity contribution in [2.75, 3.05) is 6.54 Å². The second-order valence-electron chi connectivity index (χ2n) is 5.22. The molecule has 1 fully saturated rings. The first-order chi connectivity index (χ1) is 9.46. The van der Waals surface area contributed by atoms with Gasteiger partial charge in [-0.15, -0.1) is 0 Å². The first-order valence-corrected chi connectivity index (χ1v) is 6.86. The molecule has 0 N–H and O–H groups in total. The fourth-order valence-electron chi connectivity index (χ4n) is 2.70. The van der Waals surface area contributed by atoms with Crippen LogP contribution in [0.2, 0.25) is 0 Å². The number of hydrogen-bond acceptors (Lipinski definition) is 1. The minimum atomic E-state index is -4.42. The van der Waals surface area contributed by atoms with E-state index in [1.807, 2.05) is 30.3 Å². The molecule has 0 saturated carbocycles. The van der Waals surface area contributed by atoms with Crippen molar-refractivity contribution in [2.24, 2.45) is 0 Å². The van der Waals surface area contributed by atoms with Gasteiger partial charge in [-0.05, 0) is 31.2 Å². The molecule has 1 aromatic carbocycles. The molecule has 1 atom stereocenters. The van der Waals surface area contributed by atoms with Gasteiger partial charge in [0.1, 0.15) is 6.42 Å². The summed E-state index contributed by atoms with van der Waals surface area (Å²) in [6.07, 6.45) is -2.62. The molecule has 1 aliphatic rings. The van der Waals surface area contributed by atoms with Crippen LogP contribution in [0.25, 0.3) is 0 Å². The van der Waals surface area contributed by atoms with Crippen molar-refractivity contribution in [3.63, 3.8) is 0 Å². The molecule has 1 aromatic rings. The Balaban J connectivity index is 2.03. The quantitative estimate of drug-likeness (QED) is 0.831. The summed E-state index contributed by atoms with van der Waals surface area (Å²) in [5.74, 6) is -0.793. The lowest BCUT2D eigenvalue weighted by atomic mass is 9.95. The van der Waals surface area contributed by atoms with Gasteiger partial charge in [-0.25, -0.2) is 0 Å². The number of hydrogen-bond donors (Lipinski definition) is 0. The van der Waals surface area contributed by atoms with Crippen LogP contribution in [0.1, 0.15) is 31.2 Å². The van der Waals surface area contributed by atoms with Crippen molar-refractivity contribution in [1.29, 1.82) is 0 Å². The van der Waals surface area contributed by atoms with Crippen molar-refractivity contribution >= 4 is 5.91 Å². The number of amides is 1. The van der Waals surface area contributed by atoms with Crippen molar-refractivity contribution in [3.8, 4) is 0 Å². The maximum atomic E-state index is 12.4. The number of alkyl halides is 3. The summed E-state index contributed by atoms with van der Waals surface area (Å²) >= 11 is 0. The summed E-state index contributed by atoms with van der Waals surface area (Å²) in [5, 5.41) is 0. The van der Waals surface area contributed by atoms with E-state index in [9.17, 15) is 18.0 Å². The first kappa shape index (κ1) is 14.9. The van der Waals surface area contributed by atoms with E-state index >= 15 is 0 Å². The molecule has 1 heterocycles. The third-order valence-corrected chi connectivity index (χ3v) is 3.61. The van der Waals surface area contributed by atoms with Gasteiger partial charge in [0.25, 0.3) is 0 Å². The maximum Gasteiger partial charge on any atom is 0.397 e. The van der Waals surface area contributed by atoms with Gasteiger partial charge >= 0.3 is 6.18 Å². The Bertz CT molecular complexity index is 444. The van der Waals surface area contributed by atoms with Crippen LogP contribution in [0.3, 0.4) is 0 Å². The van der Waals surface area contributed by atoms with Crippen LogP contribution in [0.4, 0.5) is 13.2 Å². The molecule has 2 rings (SSSR count). The van der Waals surface area contributed by atoms with Gasteiger partial charge in [-0.1, -0.05) is 30.3 Å². The average Bonchev–Trinajstić information content (AvgIpc) is 2.38. The second kappa shape index (κ2) is 6.29. The minimum Gasteiger partial charge on any atom is -0.339 e. The van der Waals surface area contributed by atoms with Gasteiger partial charge in [0, 0.05) is 12.6 Å². The van der Waals surface area contributed by atoms with Crippen LogP contribution in [0.5, 0.6) is 0 Å². The molecule has 0 aromatic heterocycles. The molecule has 5 heteroatoms. The summed E-state index contributed by atoms with van der Waals surface area (Å²) in [7, 11) is 0. The van der Waals surface area contributed by atoms with Crippen molar-refractivity contribution in [3.05, 3.63) is 35.9 Å². The van der Waals surface area contributed by atoms with Crippen LogP contribution < -0.4 is 0 Å². The number of nitrogens with zero attached hydrogens (tertiary/aromatic N) is 1. The van der Waals surface area contributed by atoms with Gasteiger partial charge in [0.15, 0.2) is 0 Å². The highest BCUT2D eigenvalue weighted by molar-refractivity contribution is 5.77. The van der Waals surface area contributed by atoms with E-state index < -0.39 is 18.5 Å². The maximum absolute atomic E-state index is 12.4. The highest BCUT2D eigenvalue weighted by Gasteiger charge is 2.36.